The molecule has 0 atom stereocenters. The average molecular weight is 220 g/mol. The number of para-hydroxylation sites is 1. The van der Waals surface area contributed by atoms with Crippen molar-refractivity contribution in [2.75, 3.05) is 24.2 Å². The standard InChI is InChI=1S/C12H16N2O2/c1-14(7-8-5-6-8)10-4-2-3-9(11(10)13)12(15)16/h2-4,8H,5-7,13H2,1H3,(H,15,16). The van der Waals surface area contributed by atoms with Crippen LogP contribution in [0, 0.1) is 5.92 Å². The van der Waals surface area contributed by atoms with Crippen LogP contribution in [0.25, 0.3) is 0 Å². The molecule has 0 aliphatic heterocycles. The van der Waals surface area contributed by atoms with Gasteiger partial charge < -0.3 is 15.7 Å². The van der Waals surface area contributed by atoms with Gasteiger partial charge in [-0.25, -0.2) is 4.79 Å². The summed E-state index contributed by atoms with van der Waals surface area (Å²) >= 11 is 0. The van der Waals surface area contributed by atoms with E-state index in [1.807, 2.05) is 18.0 Å². The molecule has 0 aromatic heterocycles. The molecule has 1 aliphatic rings. The number of benzene rings is 1. The van der Waals surface area contributed by atoms with Gasteiger partial charge in [-0.05, 0) is 30.9 Å². The van der Waals surface area contributed by atoms with Gasteiger partial charge in [0.25, 0.3) is 0 Å². The first-order valence-corrected chi connectivity index (χ1v) is 5.42. The molecule has 0 radical (unpaired) electrons. The number of nitrogen functional groups attached to an aromatic ring is 1. The third-order valence-electron chi connectivity index (χ3n) is 2.95. The molecule has 4 heteroatoms. The molecule has 86 valence electrons. The minimum absolute atomic E-state index is 0.181. The van der Waals surface area contributed by atoms with Crippen LogP contribution in [0.3, 0.4) is 0 Å². The Morgan fingerprint density at radius 3 is 2.81 bits per heavy atom. The van der Waals surface area contributed by atoms with Gasteiger partial charge in [-0.2, -0.15) is 0 Å². The van der Waals surface area contributed by atoms with Crippen molar-refractivity contribution in [3.05, 3.63) is 23.8 Å². The van der Waals surface area contributed by atoms with E-state index in [0.29, 0.717) is 5.69 Å². The van der Waals surface area contributed by atoms with Crippen molar-refractivity contribution in [3.63, 3.8) is 0 Å². The third kappa shape index (κ3) is 2.10. The van der Waals surface area contributed by atoms with Crippen molar-refractivity contribution >= 4 is 17.3 Å². The van der Waals surface area contributed by atoms with Gasteiger partial charge in [-0.3, -0.25) is 0 Å². The molecule has 1 aliphatic carbocycles. The van der Waals surface area contributed by atoms with E-state index in [-0.39, 0.29) is 5.56 Å². The largest absolute Gasteiger partial charge is 0.478 e. The van der Waals surface area contributed by atoms with Crippen LogP contribution in [0.2, 0.25) is 0 Å². The molecule has 1 fully saturated rings. The predicted molar refractivity (Wildman–Crippen MR) is 63.8 cm³/mol. The lowest BCUT2D eigenvalue weighted by atomic mass is 10.1. The highest BCUT2D eigenvalue weighted by Crippen LogP contribution is 2.33. The average Bonchev–Trinajstić information content (AvgIpc) is 3.01. The topological polar surface area (TPSA) is 66.6 Å². The first kappa shape index (κ1) is 10.8. The van der Waals surface area contributed by atoms with Gasteiger partial charge in [0.1, 0.15) is 0 Å². The van der Waals surface area contributed by atoms with E-state index >= 15 is 0 Å². The van der Waals surface area contributed by atoms with Gasteiger partial charge in [0.05, 0.1) is 16.9 Å². The summed E-state index contributed by atoms with van der Waals surface area (Å²) in [6, 6.07) is 5.13. The summed E-state index contributed by atoms with van der Waals surface area (Å²) in [6.07, 6.45) is 2.53. The number of nitrogens with zero attached hydrogens (tertiary/aromatic N) is 1. The molecule has 1 aromatic rings. The van der Waals surface area contributed by atoms with E-state index in [1.165, 1.54) is 18.9 Å². The number of hydrogen-bond acceptors (Lipinski definition) is 3. The molecule has 1 saturated carbocycles. The zero-order valence-corrected chi connectivity index (χ0v) is 9.31. The summed E-state index contributed by atoms with van der Waals surface area (Å²) in [5.74, 6) is -0.225. The maximum atomic E-state index is 10.9. The molecule has 3 N–H and O–H groups in total. The minimum atomic E-state index is -0.973. The van der Waals surface area contributed by atoms with Crippen LogP contribution in [-0.2, 0) is 0 Å². The van der Waals surface area contributed by atoms with Crippen LogP contribution < -0.4 is 10.6 Å². The number of anilines is 2. The molecular weight excluding hydrogens is 204 g/mol. The Hall–Kier alpha value is -1.71. The van der Waals surface area contributed by atoms with E-state index in [1.54, 1.807) is 6.07 Å². The van der Waals surface area contributed by atoms with Gasteiger partial charge in [0.2, 0.25) is 0 Å². The van der Waals surface area contributed by atoms with E-state index in [4.69, 9.17) is 10.8 Å². The number of hydrogen-bond donors (Lipinski definition) is 2. The highest BCUT2D eigenvalue weighted by Gasteiger charge is 2.24. The first-order chi connectivity index (χ1) is 7.59. The van der Waals surface area contributed by atoms with Crippen LogP contribution in [-0.4, -0.2) is 24.7 Å². The highest BCUT2D eigenvalue weighted by molar-refractivity contribution is 5.97. The van der Waals surface area contributed by atoms with Crippen LogP contribution in [0.15, 0.2) is 18.2 Å². The monoisotopic (exact) mass is 220 g/mol. The Labute approximate surface area is 94.7 Å². The van der Waals surface area contributed by atoms with Crippen LogP contribution >= 0.6 is 0 Å². The molecular formula is C12H16N2O2. The smallest absolute Gasteiger partial charge is 0.337 e. The number of nitrogens with two attached hydrogens (primary N) is 1. The van der Waals surface area contributed by atoms with Gasteiger partial charge in [0, 0.05) is 13.6 Å². The third-order valence-corrected chi connectivity index (χ3v) is 2.95. The Balaban J connectivity index is 2.25. The molecule has 0 spiro atoms. The Morgan fingerprint density at radius 1 is 1.56 bits per heavy atom. The summed E-state index contributed by atoms with van der Waals surface area (Å²) in [4.78, 5) is 13.0. The number of aromatic carboxylic acids is 1. The predicted octanol–water partition coefficient (Wildman–Crippen LogP) is 1.81. The van der Waals surface area contributed by atoms with Crippen molar-refractivity contribution in [1.29, 1.82) is 0 Å². The van der Waals surface area contributed by atoms with Gasteiger partial charge in [0.15, 0.2) is 0 Å². The maximum absolute atomic E-state index is 10.9. The molecule has 0 saturated heterocycles. The van der Waals surface area contributed by atoms with E-state index < -0.39 is 5.97 Å². The lowest BCUT2D eigenvalue weighted by molar-refractivity contribution is 0.0698. The first-order valence-electron chi connectivity index (χ1n) is 5.42. The normalized spacial score (nSPS) is 14.8. The zero-order valence-electron chi connectivity index (χ0n) is 9.31. The van der Waals surface area contributed by atoms with Crippen molar-refractivity contribution in [3.8, 4) is 0 Å². The Bertz CT molecular complexity index is 413. The number of carbonyl (C=O) groups is 1. The van der Waals surface area contributed by atoms with Gasteiger partial charge >= 0.3 is 5.97 Å². The summed E-state index contributed by atoms with van der Waals surface area (Å²) in [5, 5.41) is 8.97. The highest BCUT2D eigenvalue weighted by atomic mass is 16.4. The fraction of sp³-hybridized carbons (Fsp3) is 0.417. The summed E-state index contributed by atoms with van der Waals surface area (Å²) in [7, 11) is 1.95. The Morgan fingerprint density at radius 2 is 2.25 bits per heavy atom. The number of carboxylic acid groups (broad SMARTS) is 1. The molecule has 1 aromatic carbocycles. The summed E-state index contributed by atoms with van der Waals surface area (Å²) in [5.41, 5.74) is 7.21. The van der Waals surface area contributed by atoms with Gasteiger partial charge in [-0.1, -0.05) is 6.07 Å². The molecule has 0 unspecified atom stereocenters. The zero-order chi connectivity index (χ0) is 11.7. The summed E-state index contributed by atoms with van der Waals surface area (Å²) < 4.78 is 0. The van der Waals surface area contributed by atoms with Crippen molar-refractivity contribution in [2.24, 2.45) is 5.92 Å². The fourth-order valence-corrected chi connectivity index (χ4v) is 1.86. The second-order valence-corrected chi connectivity index (χ2v) is 4.37. The quantitative estimate of drug-likeness (QED) is 0.759. The second-order valence-electron chi connectivity index (χ2n) is 4.37. The molecule has 4 nitrogen and oxygen atoms in total. The molecule has 0 amide bonds. The molecule has 0 bridgehead atoms. The second kappa shape index (κ2) is 4.04. The van der Waals surface area contributed by atoms with Crippen molar-refractivity contribution in [2.45, 2.75) is 12.8 Å². The molecule has 16 heavy (non-hydrogen) atoms. The van der Waals surface area contributed by atoms with Crippen LogP contribution in [0.5, 0.6) is 0 Å². The maximum Gasteiger partial charge on any atom is 0.337 e. The van der Waals surface area contributed by atoms with E-state index in [0.717, 1.165) is 18.2 Å². The SMILES string of the molecule is CN(CC1CC1)c1cccc(C(=O)O)c1N. The molecule has 0 heterocycles. The van der Waals surface area contributed by atoms with Gasteiger partial charge in [-0.15, -0.1) is 0 Å². The Kier molecular flexibility index (Phi) is 2.73. The summed E-state index contributed by atoms with van der Waals surface area (Å²) in [6.45, 7) is 0.952. The minimum Gasteiger partial charge on any atom is -0.478 e. The van der Waals surface area contributed by atoms with Crippen LogP contribution in [0.1, 0.15) is 23.2 Å². The molecule has 2 rings (SSSR count). The lowest BCUT2D eigenvalue weighted by Gasteiger charge is -2.21. The fourth-order valence-electron chi connectivity index (χ4n) is 1.86. The van der Waals surface area contributed by atoms with E-state index in [2.05, 4.69) is 0 Å². The number of rotatable bonds is 4. The van der Waals surface area contributed by atoms with E-state index in [9.17, 15) is 4.79 Å². The lowest BCUT2D eigenvalue weighted by Crippen LogP contribution is -2.22. The van der Waals surface area contributed by atoms with Crippen LogP contribution in [0.4, 0.5) is 11.4 Å². The van der Waals surface area contributed by atoms with Crippen molar-refractivity contribution < 1.29 is 9.90 Å². The van der Waals surface area contributed by atoms with Crippen molar-refractivity contribution in [1.82, 2.24) is 0 Å². The number of carboxylic acids is 1.